The number of ether oxygens (including phenoxy) is 1. The fraction of sp³-hybridized carbons (Fsp3) is 0.304. The van der Waals surface area contributed by atoms with Crippen molar-refractivity contribution in [1.29, 1.82) is 0 Å². The Kier molecular flexibility index (Phi) is 9.82. The average molecular weight is 675 g/mol. The number of aromatic nitrogens is 4. The summed E-state index contributed by atoms with van der Waals surface area (Å²) in [5.74, 6) is 2.49. The Labute approximate surface area is 302 Å². The molecule has 0 bridgehead atoms. The maximum absolute atomic E-state index is 6.62. The molecular formula is C46H50N4O. The second-order valence-corrected chi connectivity index (χ2v) is 15.2. The first-order chi connectivity index (χ1) is 24.7. The molecular weight excluding hydrogens is 625 g/mol. The van der Waals surface area contributed by atoms with Gasteiger partial charge in [-0.1, -0.05) is 83.0 Å². The van der Waals surface area contributed by atoms with Crippen molar-refractivity contribution < 1.29 is 4.74 Å². The molecule has 0 aliphatic heterocycles. The molecule has 0 spiro atoms. The highest BCUT2D eigenvalue weighted by molar-refractivity contribution is 6.09. The molecule has 51 heavy (non-hydrogen) atoms. The van der Waals surface area contributed by atoms with Crippen LogP contribution in [0.4, 0.5) is 0 Å². The Morgan fingerprint density at radius 3 is 2.27 bits per heavy atom. The molecule has 0 amide bonds. The Morgan fingerprint density at radius 2 is 1.47 bits per heavy atom. The number of nitrogens with zero attached hydrogens (tertiary/aromatic N) is 4. The monoisotopic (exact) mass is 674 g/mol. The number of rotatable bonds is 12. The smallest absolute Gasteiger partial charge is 0.137 e. The molecule has 7 rings (SSSR count). The number of benzene rings is 4. The number of unbranched alkanes of at least 4 members (excludes halogenated alkanes) is 2. The van der Waals surface area contributed by atoms with Crippen molar-refractivity contribution in [2.45, 2.75) is 86.5 Å². The fourth-order valence-corrected chi connectivity index (χ4v) is 7.35. The van der Waals surface area contributed by atoms with E-state index < -0.39 is 0 Å². The zero-order valence-electron chi connectivity index (χ0n) is 31.0. The molecule has 0 aliphatic rings. The van der Waals surface area contributed by atoms with Gasteiger partial charge in [0, 0.05) is 40.4 Å². The first-order valence-electron chi connectivity index (χ1n) is 18.6. The minimum absolute atomic E-state index is 0.375. The highest BCUT2D eigenvalue weighted by Crippen LogP contribution is 2.37. The standard InChI is InChI=1S/C46H50N4O/c1-7-8-15-35-25-27-47-44(29-35)49-42-24-21-34(16-12-13-26-46(4,5)6)28-41(42)40-23-22-39(31-43(40)49)51-38-20-14-19-37(30-38)50-33(3)45(32(2)48-50)36-17-10-9-11-18-36/h9-11,14,17-25,27-31H,7-8,12-13,15-16,26H2,1-6H3. The van der Waals surface area contributed by atoms with E-state index in [9.17, 15) is 0 Å². The van der Waals surface area contributed by atoms with Crippen LogP contribution in [0.5, 0.6) is 11.5 Å². The van der Waals surface area contributed by atoms with E-state index in [2.05, 4.69) is 131 Å². The van der Waals surface area contributed by atoms with E-state index >= 15 is 0 Å². The molecule has 5 heteroatoms. The van der Waals surface area contributed by atoms with Gasteiger partial charge in [-0.15, -0.1) is 0 Å². The quantitative estimate of drug-likeness (QED) is 0.121. The van der Waals surface area contributed by atoms with Crippen LogP contribution in [0.25, 0.3) is 44.4 Å². The van der Waals surface area contributed by atoms with Gasteiger partial charge in [-0.05, 0) is 117 Å². The number of hydrogen-bond acceptors (Lipinski definition) is 3. The summed E-state index contributed by atoms with van der Waals surface area (Å²) < 4.78 is 10.9. The van der Waals surface area contributed by atoms with Crippen LogP contribution in [-0.2, 0) is 12.8 Å². The van der Waals surface area contributed by atoms with E-state index in [1.54, 1.807) is 0 Å². The lowest BCUT2D eigenvalue weighted by molar-refractivity contribution is 0.360. The van der Waals surface area contributed by atoms with Crippen LogP contribution in [0.2, 0.25) is 0 Å². The van der Waals surface area contributed by atoms with Crippen LogP contribution in [0.15, 0.2) is 109 Å². The highest BCUT2D eigenvalue weighted by Gasteiger charge is 2.18. The maximum Gasteiger partial charge on any atom is 0.137 e. The van der Waals surface area contributed by atoms with Gasteiger partial charge in [0.25, 0.3) is 0 Å². The molecule has 0 atom stereocenters. The van der Waals surface area contributed by atoms with Gasteiger partial charge in [0.1, 0.15) is 17.3 Å². The molecule has 7 aromatic rings. The highest BCUT2D eigenvalue weighted by atomic mass is 16.5. The van der Waals surface area contributed by atoms with Crippen LogP contribution < -0.4 is 4.74 Å². The number of hydrogen-bond donors (Lipinski definition) is 0. The second-order valence-electron chi connectivity index (χ2n) is 15.2. The Balaban J connectivity index is 1.25. The third-order valence-corrected chi connectivity index (χ3v) is 9.95. The molecule has 4 aromatic carbocycles. The number of fused-ring (bicyclic) bond motifs is 3. The Bertz CT molecular complexity index is 2290. The van der Waals surface area contributed by atoms with Crippen molar-refractivity contribution in [3.05, 3.63) is 132 Å². The number of pyridine rings is 1. The molecule has 0 unspecified atom stereocenters. The van der Waals surface area contributed by atoms with Gasteiger partial charge in [0.2, 0.25) is 0 Å². The normalized spacial score (nSPS) is 11.9. The van der Waals surface area contributed by atoms with Crippen LogP contribution in [0, 0.1) is 19.3 Å². The van der Waals surface area contributed by atoms with Crippen LogP contribution in [-0.4, -0.2) is 19.3 Å². The molecule has 5 nitrogen and oxygen atoms in total. The third kappa shape index (κ3) is 7.49. The molecule has 0 aliphatic carbocycles. The van der Waals surface area contributed by atoms with Crippen LogP contribution in [0.1, 0.15) is 82.3 Å². The van der Waals surface area contributed by atoms with Crippen molar-refractivity contribution >= 4 is 21.8 Å². The minimum atomic E-state index is 0.375. The average Bonchev–Trinajstić information content (AvgIpc) is 3.61. The van der Waals surface area contributed by atoms with E-state index in [-0.39, 0.29) is 0 Å². The van der Waals surface area contributed by atoms with Crippen molar-refractivity contribution in [1.82, 2.24) is 19.3 Å². The lowest BCUT2D eigenvalue weighted by Crippen LogP contribution is -2.04. The summed E-state index contributed by atoms with van der Waals surface area (Å²) in [6, 6.07) is 36.5. The van der Waals surface area contributed by atoms with Crippen molar-refractivity contribution in [2.24, 2.45) is 5.41 Å². The molecule has 0 radical (unpaired) electrons. The van der Waals surface area contributed by atoms with Crippen molar-refractivity contribution in [3.63, 3.8) is 0 Å². The molecule has 260 valence electrons. The maximum atomic E-state index is 6.62. The molecule has 0 N–H and O–H groups in total. The third-order valence-electron chi connectivity index (χ3n) is 9.95. The first-order valence-corrected chi connectivity index (χ1v) is 18.6. The SMILES string of the molecule is CCCCc1ccnc(-n2c3ccc(CCCCC(C)(C)C)cc3c3ccc(Oc4cccc(-n5nc(C)c(-c6ccccc6)c5C)c4)cc32)c1. The van der Waals surface area contributed by atoms with Gasteiger partial charge < -0.3 is 4.74 Å². The Hall–Kier alpha value is -5.16. The second kappa shape index (κ2) is 14.6. The van der Waals surface area contributed by atoms with E-state index in [1.165, 1.54) is 64.2 Å². The molecule has 3 aromatic heterocycles. The topological polar surface area (TPSA) is 44.9 Å². The number of aryl methyl sites for hydroxylation is 3. The zero-order valence-corrected chi connectivity index (χ0v) is 31.0. The van der Waals surface area contributed by atoms with Crippen molar-refractivity contribution in [2.75, 3.05) is 0 Å². The van der Waals surface area contributed by atoms with Crippen molar-refractivity contribution in [3.8, 4) is 34.1 Å². The molecule has 0 saturated heterocycles. The largest absolute Gasteiger partial charge is 0.457 e. The summed E-state index contributed by atoms with van der Waals surface area (Å²) in [5.41, 5.74) is 10.7. The molecule has 0 fully saturated rings. The van der Waals surface area contributed by atoms with Crippen LogP contribution in [0.3, 0.4) is 0 Å². The fourth-order valence-electron chi connectivity index (χ4n) is 7.35. The molecule has 0 saturated carbocycles. The van der Waals surface area contributed by atoms with Gasteiger partial charge in [0.05, 0.1) is 22.4 Å². The van der Waals surface area contributed by atoms with Gasteiger partial charge in [-0.2, -0.15) is 5.10 Å². The lowest BCUT2D eigenvalue weighted by atomic mass is 9.89. The summed E-state index contributed by atoms with van der Waals surface area (Å²) in [4.78, 5) is 4.91. The van der Waals surface area contributed by atoms with E-state index in [4.69, 9.17) is 14.8 Å². The zero-order chi connectivity index (χ0) is 35.5. The lowest BCUT2D eigenvalue weighted by Gasteiger charge is -2.17. The van der Waals surface area contributed by atoms with Gasteiger partial charge >= 0.3 is 0 Å². The van der Waals surface area contributed by atoms with Crippen LogP contribution >= 0.6 is 0 Å². The summed E-state index contributed by atoms with van der Waals surface area (Å²) in [5, 5.41) is 7.40. The predicted molar refractivity (Wildman–Crippen MR) is 213 cm³/mol. The summed E-state index contributed by atoms with van der Waals surface area (Å²) in [6.45, 7) is 13.4. The molecule has 3 heterocycles. The van der Waals surface area contributed by atoms with E-state index in [0.29, 0.717) is 5.41 Å². The summed E-state index contributed by atoms with van der Waals surface area (Å²) >= 11 is 0. The van der Waals surface area contributed by atoms with Gasteiger partial charge in [-0.3, -0.25) is 4.57 Å². The van der Waals surface area contributed by atoms with Gasteiger partial charge in [-0.25, -0.2) is 9.67 Å². The predicted octanol–water partition coefficient (Wildman–Crippen LogP) is 12.5. The Morgan fingerprint density at radius 1 is 0.686 bits per heavy atom. The minimum Gasteiger partial charge on any atom is -0.457 e. The first kappa shape index (κ1) is 34.3. The van der Waals surface area contributed by atoms with Gasteiger partial charge in [0.15, 0.2) is 0 Å². The van der Waals surface area contributed by atoms with E-state index in [0.717, 1.165) is 59.2 Å². The summed E-state index contributed by atoms with van der Waals surface area (Å²) in [7, 11) is 0. The van der Waals surface area contributed by atoms with E-state index in [1.807, 2.05) is 29.1 Å². The summed E-state index contributed by atoms with van der Waals surface area (Å²) in [6.07, 6.45) is 10.1.